The van der Waals surface area contributed by atoms with E-state index in [0.717, 1.165) is 30.3 Å². The van der Waals surface area contributed by atoms with E-state index in [1.165, 1.54) is 15.6 Å². The second kappa shape index (κ2) is 8.72. The van der Waals surface area contributed by atoms with Crippen LogP contribution in [-0.4, -0.2) is 12.6 Å². The van der Waals surface area contributed by atoms with Crippen LogP contribution in [0.1, 0.15) is 24.5 Å². The number of hydrogen-bond acceptors (Lipinski definition) is 1. The molecule has 1 N–H and O–H groups in total. The topological polar surface area (TPSA) is 12.0 Å². The molecule has 3 heteroatoms. The van der Waals surface area contributed by atoms with E-state index in [2.05, 4.69) is 92.6 Å². The molecule has 2 aromatic carbocycles. The first-order valence-electron chi connectivity index (χ1n) is 7.40. The van der Waals surface area contributed by atoms with Crippen molar-refractivity contribution in [1.82, 2.24) is 5.32 Å². The Morgan fingerprint density at radius 2 is 1.81 bits per heavy atom. The van der Waals surface area contributed by atoms with Gasteiger partial charge in [-0.3, -0.25) is 0 Å². The second-order valence-electron chi connectivity index (χ2n) is 5.28. The maximum atomic E-state index is 3.68. The highest BCUT2D eigenvalue weighted by Crippen LogP contribution is 2.20. The van der Waals surface area contributed by atoms with Gasteiger partial charge in [0.15, 0.2) is 0 Å². The molecule has 0 bridgehead atoms. The van der Waals surface area contributed by atoms with Crippen LogP contribution < -0.4 is 5.32 Å². The van der Waals surface area contributed by atoms with Crippen molar-refractivity contribution in [1.29, 1.82) is 0 Å². The van der Waals surface area contributed by atoms with Crippen LogP contribution in [0.25, 0.3) is 0 Å². The first-order chi connectivity index (χ1) is 10.2. The molecule has 0 spiro atoms. The third kappa shape index (κ3) is 5.57. The van der Waals surface area contributed by atoms with Crippen LogP contribution in [0.4, 0.5) is 0 Å². The molecule has 21 heavy (non-hydrogen) atoms. The monoisotopic (exact) mass is 409 g/mol. The summed E-state index contributed by atoms with van der Waals surface area (Å²) < 4.78 is 2.35. The minimum Gasteiger partial charge on any atom is -0.313 e. The number of rotatable bonds is 7. The molecular formula is C18H21Br2N. The van der Waals surface area contributed by atoms with E-state index in [1.54, 1.807) is 0 Å². The highest BCUT2D eigenvalue weighted by atomic mass is 79.9. The Morgan fingerprint density at radius 1 is 1.00 bits per heavy atom. The molecule has 0 saturated carbocycles. The van der Waals surface area contributed by atoms with Crippen molar-refractivity contribution in [3.05, 3.63) is 68.6 Å². The zero-order chi connectivity index (χ0) is 15.1. The molecule has 2 aromatic rings. The van der Waals surface area contributed by atoms with Gasteiger partial charge < -0.3 is 5.32 Å². The molecule has 0 aliphatic carbocycles. The lowest BCUT2D eigenvalue weighted by molar-refractivity contribution is 0.504. The van der Waals surface area contributed by atoms with Gasteiger partial charge in [0, 0.05) is 15.0 Å². The molecular weight excluding hydrogens is 390 g/mol. The Morgan fingerprint density at radius 3 is 2.52 bits per heavy atom. The standard InChI is InChI=1S/C18H21Br2N/c1-2-10-21-17(12-14-6-5-8-16(19)11-14)13-15-7-3-4-9-18(15)20/h3-9,11,17,21H,2,10,12-13H2,1H3. The maximum absolute atomic E-state index is 3.68. The number of nitrogens with one attached hydrogen (secondary N) is 1. The van der Waals surface area contributed by atoms with Gasteiger partial charge in [-0.05, 0) is 55.1 Å². The minimum absolute atomic E-state index is 0.456. The average molecular weight is 411 g/mol. The van der Waals surface area contributed by atoms with Crippen molar-refractivity contribution in [2.24, 2.45) is 0 Å². The van der Waals surface area contributed by atoms with Crippen molar-refractivity contribution in [3.63, 3.8) is 0 Å². The first kappa shape index (κ1) is 16.7. The van der Waals surface area contributed by atoms with Crippen LogP contribution in [0, 0.1) is 0 Å². The van der Waals surface area contributed by atoms with Gasteiger partial charge in [-0.25, -0.2) is 0 Å². The molecule has 0 fully saturated rings. The fourth-order valence-corrected chi connectivity index (χ4v) is 3.34. The number of hydrogen-bond donors (Lipinski definition) is 1. The molecule has 2 rings (SSSR count). The predicted molar refractivity (Wildman–Crippen MR) is 97.8 cm³/mol. The highest BCUT2D eigenvalue weighted by Gasteiger charge is 2.12. The van der Waals surface area contributed by atoms with Gasteiger partial charge in [0.1, 0.15) is 0 Å². The first-order valence-corrected chi connectivity index (χ1v) is 8.99. The van der Waals surface area contributed by atoms with Gasteiger partial charge in [0.25, 0.3) is 0 Å². The van der Waals surface area contributed by atoms with E-state index >= 15 is 0 Å². The summed E-state index contributed by atoms with van der Waals surface area (Å²) in [7, 11) is 0. The van der Waals surface area contributed by atoms with Crippen molar-refractivity contribution in [3.8, 4) is 0 Å². The summed E-state index contributed by atoms with van der Waals surface area (Å²) >= 11 is 7.21. The van der Waals surface area contributed by atoms with Crippen LogP contribution in [-0.2, 0) is 12.8 Å². The maximum Gasteiger partial charge on any atom is 0.0207 e. The third-order valence-electron chi connectivity index (χ3n) is 3.48. The fourth-order valence-electron chi connectivity index (χ4n) is 2.44. The van der Waals surface area contributed by atoms with Crippen LogP contribution in [0.3, 0.4) is 0 Å². The summed E-state index contributed by atoms with van der Waals surface area (Å²) in [6, 6.07) is 17.5. The Kier molecular flexibility index (Phi) is 6.94. The normalized spacial score (nSPS) is 12.3. The van der Waals surface area contributed by atoms with E-state index < -0.39 is 0 Å². The second-order valence-corrected chi connectivity index (χ2v) is 7.05. The molecule has 0 saturated heterocycles. The summed E-state index contributed by atoms with van der Waals surface area (Å²) in [6.45, 7) is 3.27. The Labute approximate surface area is 144 Å². The molecule has 112 valence electrons. The lowest BCUT2D eigenvalue weighted by Crippen LogP contribution is -2.33. The predicted octanol–water partition coefficient (Wildman–Crippen LogP) is 5.37. The summed E-state index contributed by atoms with van der Waals surface area (Å²) in [5.74, 6) is 0. The summed E-state index contributed by atoms with van der Waals surface area (Å²) in [4.78, 5) is 0. The zero-order valence-electron chi connectivity index (χ0n) is 12.3. The molecule has 0 aliphatic heterocycles. The quantitative estimate of drug-likeness (QED) is 0.647. The molecule has 0 amide bonds. The van der Waals surface area contributed by atoms with Crippen LogP contribution >= 0.6 is 31.9 Å². The highest BCUT2D eigenvalue weighted by molar-refractivity contribution is 9.10. The SMILES string of the molecule is CCCNC(Cc1cccc(Br)c1)Cc1ccccc1Br. The largest absolute Gasteiger partial charge is 0.313 e. The molecule has 1 nitrogen and oxygen atoms in total. The van der Waals surface area contributed by atoms with Gasteiger partial charge in [0.2, 0.25) is 0 Å². The van der Waals surface area contributed by atoms with Gasteiger partial charge in [-0.15, -0.1) is 0 Å². The molecule has 0 aromatic heterocycles. The molecule has 1 atom stereocenters. The Hall–Kier alpha value is -0.640. The summed E-state index contributed by atoms with van der Waals surface area (Å²) in [5.41, 5.74) is 2.73. The lowest BCUT2D eigenvalue weighted by atomic mass is 9.99. The van der Waals surface area contributed by atoms with E-state index in [9.17, 15) is 0 Å². The Bertz CT molecular complexity index is 569. The van der Waals surface area contributed by atoms with Crippen LogP contribution in [0.2, 0.25) is 0 Å². The number of benzene rings is 2. The van der Waals surface area contributed by atoms with Crippen LogP contribution in [0.15, 0.2) is 57.5 Å². The van der Waals surface area contributed by atoms with Gasteiger partial charge in [-0.1, -0.05) is 69.1 Å². The molecule has 1 unspecified atom stereocenters. The summed E-state index contributed by atoms with van der Waals surface area (Å²) in [6.07, 6.45) is 3.24. The fraction of sp³-hybridized carbons (Fsp3) is 0.333. The average Bonchev–Trinajstić information content (AvgIpc) is 2.47. The Balaban J connectivity index is 2.09. The van der Waals surface area contributed by atoms with Crippen molar-refractivity contribution in [2.75, 3.05) is 6.54 Å². The minimum atomic E-state index is 0.456. The van der Waals surface area contributed by atoms with Crippen molar-refractivity contribution in [2.45, 2.75) is 32.2 Å². The smallest absolute Gasteiger partial charge is 0.0207 e. The van der Waals surface area contributed by atoms with E-state index in [0.29, 0.717) is 6.04 Å². The third-order valence-corrected chi connectivity index (χ3v) is 4.75. The van der Waals surface area contributed by atoms with Crippen molar-refractivity contribution >= 4 is 31.9 Å². The van der Waals surface area contributed by atoms with Crippen LogP contribution in [0.5, 0.6) is 0 Å². The summed E-state index contributed by atoms with van der Waals surface area (Å²) in [5, 5.41) is 3.68. The van der Waals surface area contributed by atoms with E-state index in [4.69, 9.17) is 0 Å². The van der Waals surface area contributed by atoms with Gasteiger partial charge in [-0.2, -0.15) is 0 Å². The molecule has 0 radical (unpaired) electrons. The molecule has 0 aliphatic rings. The van der Waals surface area contributed by atoms with Gasteiger partial charge in [0.05, 0.1) is 0 Å². The zero-order valence-corrected chi connectivity index (χ0v) is 15.5. The lowest BCUT2D eigenvalue weighted by Gasteiger charge is -2.19. The van der Waals surface area contributed by atoms with E-state index in [-0.39, 0.29) is 0 Å². The van der Waals surface area contributed by atoms with Gasteiger partial charge >= 0.3 is 0 Å². The number of halogens is 2. The molecule has 0 heterocycles. The van der Waals surface area contributed by atoms with Crippen molar-refractivity contribution < 1.29 is 0 Å². The van der Waals surface area contributed by atoms with E-state index in [1.807, 2.05) is 0 Å².